The molecule has 3 heteroatoms. The zero-order chi connectivity index (χ0) is 18.6. The minimum absolute atomic E-state index is 0.0728. The topological polar surface area (TPSA) is 46.5 Å². The summed E-state index contributed by atoms with van der Waals surface area (Å²) >= 11 is 0. The summed E-state index contributed by atoms with van der Waals surface area (Å²) in [5, 5.41) is 9.19. The van der Waals surface area contributed by atoms with Crippen LogP contribution in [0.5, 0.6) is 0 Å². The normalized spacial score (nSPS) is 12.3. The van der Waals surface area contributed by atoms with Crippen LogP contribution in [0.25, 0.3) is 0 Å². The fraction of sp³-hybridized carbons (Fsp3) is 0.955. The van der Waals surface area contributed by atoms with Crippen LogP contribution in [-0.2, 0) is 9.53 Å². The summed E-state index contributed by atoms with van der Waals surface area (Å²) in [6.45, 7) is 1.88. The molecule has 0 aromatic heterocycles. The highest BCUT2D eigenvalue weighted by Gasteiger charge is 1.99. The average Bonchev–Trinajstić information content (AvgIpc) is 2.60. The summed E-state index contributed by atoms with van der Waals surface area (Å²) in [6.07, 6.45) is 22.4. The zero-order valence-electron chi connectivity index (χ0n) is 17.1. The van der Waals surface area contributed by atoms with Crippen molar-refractivity contribution in [1.82, 2.24) is 0 Å². The van der Waals surface area contributed by atoms with Gasteiger partial charge in [0, 0.05) is 6.42 Å². The number of esters is 1. The van der Waals surface area contributed by atoms with Gasteiger partial charge in [-0.25, -0.2) is 0 Å². The van der Waals surface area contributed by atoms with Gasteiger partial charge < -0.3 is 9.84 Å². The van der Waals surface area contributed by atoms with Crippen molar-refractivity contribution in [2.75, 3.05) is 7.11 Å². The first-order chi connectivity index (χ1) is 12.2. The lowest BCUT2D eigenvalue weighted by Crippen LogP contribution is -1.99. The van der Waals surface area contributed by atoms with E-state index in [2.05, 4.69) is 4.74 Å². The van der Waals surface area contributed by atoms with Crippen LogP contribution in [0.15, 0.2) is 0 Å². The standard InChI is InChI=1S/C22H44O3/c1-21(23)19-17-15-13-11-9-7-5-3-4-6-8-10-12-14-16-18-20-22(24)25-2/h21,23H,3-20H2,1-2H3. The second kappa shape index (κ2) is 19.8. The summed E-state index contributed by atoms with van der Waals surface area (Å²) in [5.74, 6) is -0.0728. The van der Waals surface area contributed by atoms with E-state index >= 15 is 0 Å². The van der Waals surface area contributed by atoms with Crippen molar-refractivity contribution in [3.63, 3.8) is 0 Å². The Kier molecular flexibility index (Phi) is 19.3. The number of carbonyl (C=O) groups excluding carboxylic acids is 1. The SMILES string of the molecule is COC(=O)CCCCCCCCCCCCCCCCCCC(C)O. The molecule has 0 aliphatic carbocycles. The summed E-state index contributed by atoms with van der Waals surface area (Å²) in [4.78, 5) is 11.0. The maximum Gasteiger partial charge on any atom is 0.305 e. The smallest absolute Gasteiger partial charge is 0.305 e. The number of unbranched alkanes of at least 4 members (excludes halogenated alkanes) is 15. The van der Waals surface area contributed by atoms with Crippen LogP contribution >= 0.6 is 0 Å². The van der Waals surface area contributed by atoms with E-state index in [0.717, 1.165) is 19.3 Å². The van der Waals surface area contributed by atoms with Gasteiger partial charge in [-0.2, -0.15) is 0 Å². The maximum atomic E-state index is 11.0. The molecular weight excluding hydrogens is 312 g/mol. The third kappa shape index (κ3) is 21.4. The van der Waals surface area contributed by atoms with E-state index in [1.807, 2.05) is 6.92 Å². The summed E-state index contributed by atoms with van der Waals surface area (Å²) in [5.41, 5.74) is 0. The van der Waals surface area contributed by atoms with Crippen LogP contribution in [-0.4, -0.2) is 24.3 Å². The molecule has 0 saturated heterocycles. The van der Waals surface area contributed by atoms with Crippen LogP contribution in [0.4, 0.5) is 0 Å². The van der Waals surface area contributed by atoms with Gasteiger partial charge in [0.1, 0.15) is 0 Å². The molecule has 0 radical (unpaired) electrons. The Labute approximate surface area is 156 Å². The second-order valence-electron chi connectivity index (χ2n) is 7.62. The van der Waals surface area contributed by atoms with Gasteiger partial charge in [-0.05, 0) is 19.8 Å². The number of methoxy groups -OCH3 is 1. The molecule has 0 aromatic rings. The van der Waals surface area contributed by atoms with E-state index in [0.29, 0.717) is 6.42 Å². The zero-order valence-corrected chi connectivity index (χ0v) is 17.1. The molecule has 1 unspecified atom stereocenters. The molecule has 0 amide bonds. The highest BCUT2D eigenvalue weighted by molar-refractivity contribution is 5.68. The van der Waals surface area contributed by atoms with Crippen LogP contribution < -0.4 is 0 Å². The van der Waals surface area contributed by atoms with E-state index in [9.17, 15) is 9.90 Å². The van der Waals surface area contributed by atoms with E-state index in [1.54, 1.807) is 0 Å². The quantitative estimate of drug-likeness (QED) is 0.210. The van der Waals surface area contributed by atoms with Crippen molar-refractivity contribution in [3.8, 4) is 0 Å². The van der Waals surface area contributed by atoms with Crippen molar-refractivity contribution in [3.05, 3.63) is 0 Å². The molecular formula is C22H44O3. The molecule has 0 fully saturated rings. The first-order valence-corrected chi connectivity index (χ1v) is 10.9. The van der Waals surface area contributed by atoms with Gasteiger partial charge in [0.15, 0.2) is 0 Å². The van der Waals surface area contributed by atoms with Crippen molar-refractivity contribution in [2.45, 2.75) is 129 Å². The Morgan fingerprint density at radius 3 is 1.32 bits per heavy atom. The summed E-state index contributed by atoms with van der Waals surface area (Å²) in [6, 6.07) is 0. The second-order valence-corrected chi connectivity index (χ2v) is 7.62. The maximum absolute atomic E-state index is 11.0. The van der Waals surface area contributed by atoms with Crippen LogP contribution in [0.3, 0.4) is 0 Å². The van der Waals surface area contributed by atoms with Crippen molar-refractivity contribution in [2.24, 2.45) is 0 Å². The van der Waals surface area contributed by atoms with E-state index < -0.39 is 0 Å². The summed E-state index contributed by atoms with van der Waals surface area (Å²) in [7, 11) is 1.46. The molecule has 150 valence electrons. The first-order valence-electron chi connectivity index (χ1n) is 10.9. The van der Waals surface area contributed by atoms with Crippen molar-refractivity contribution >= 4 is 5.97 Å². The lowest BCUT2D eigenvalue weighted by Gasteiger charge is -2.04. The Balaban J connectivity index is 3.02. The molecule has 0 rings (SSSR count). The third-order valence-corrected chi connectivity index (χ3v) is 4.98. The predicted octanol–water partition coefficient (Wildman–Crippen LogP) is 6.56. The summed E-state index contributed by atoms with van der Waals surface area (Å²) < 4.78 is 4.64. The number of hydrogen-bond donors (Lipinski definition) is 1. The number of aliphatic hydroxyl groups excluding tert-OH is 1. The monoisotopic (exact) mass is 356 g/mol. The number of aliphatic hydroxyl groups is 1. The lowest BCUT2D eigenvalue weighted by molar-refractivity contribution is -0.140. The molecule has 0 saturated carbocycles. The van der Waals surface area contributed by atoms with Gasteiger partial charge in [-0.3, -0.25) is 4.79 Å². The highest BCUT2D eigenvalue weighted by Crippen LogP contribution is 2.14. The third-order valence-electron chi connectivity index (χ3n) is 4.98. The minimum atomic E-state index is -0.119. The number of carbonyl (C=O) groups is 1. The minimum Gasteiger partial charge on any atom is -0.469 e. The largest absolute Gasteiger partial charge is 0.469 e. The molecule has 1 N–H and O–H groups in total. The molecule has 25 heavy (non-hydrogen) atoms. The Hall–Kier alpha value is -0.570. The molecule has 0 heterocycles. The van der Waals surface area contributed by atoms with Crippen molar-refractivity contribution < 1.29 is 14.6 Å². The Morgan fingerprint density at radius 1 is 0.680 bits per heavy atom. The molecule has 0 bridgehead atoms. The van der Waals surface area contributed by atoms with E-state index in [1.165, 1.54) is 97.0 Å². The van der Waals surface area contributed by atoms with Crippen LogP contribution in [0.1, 0.15) is 122 Å². The number of rotatable bonds is 19. The fourth-order valence-electron chi connectivity index (χ4n) is 3.29. The molecule has 0 aliphatic rings. The van der Waals surface area contributed by atoms with Gasteiger partial charge in [0.05, 0.1) is 13.2 Å². The van der Waals surface area contributed by atoms with E-state index in [-0.39, 0.29) is 12.1 Å². The van der Waals surface area contributed by atoms with Gasteiger partial charge in [-0.15, -0.1) is 0 Å². The molecule has 0 spiro atoms. The van der Waals surface area contributed by atoms with Gasteiger partial charge >= 0.3 is 5.97 Å². The van der Waals surface area contributed by atoms with Crippen LogP contribution in [0.2, 0.25) is 0 Å². The first kappa shape index (κ1) is 24.4. The molecule has 1 atom stereocenters. The van der Waals surface area contributed by atoms with E-state index in [4.69, 9.17) is 0 Å². The number of ether oxygens (including phenoxy) is 1. The van der Waals surface area contributed by atoms with Gasteiger partial charge in [-0.1, -0.05) is 96.3 Å². The highest BCUT2D eigenvalue weighted by atomic mass is 16.5. The average molecular weight is 357 g/mol. The lowest BCUT2D eigenvalue weighted by atomic mass is 10.0. The Bertz CT molecular complexity index is 276. The Morgan fingerprint density at radius 2 is 1.00 bits per heavy atom. The molecule has 0 aliphatic heterocycles. The van der Waals surface area contributed by atoms with Crippen molar-refractivity contribution in [1.29, 1.82) is 0 Å². The van der Waals surface area contributed by atoms with Gasteiger partial charge in [0.2, 0.25) is 0 Å². The van der Waals surface area contributed by atoms with Crippen LogP contribution in [0, 0.1) is 0 Å². The van der Waals surface area contributed by atoms with Gasteiger partial charge in [0.25, 0.3) is 0 Å². The predicted molar refractivity (Wildman–Crippen MR) is 107 cm³/mol. The number of hydrogen-bond acceptors (Lipinski definition) is 3. The molecule has 3 nitrogen and oxygen atoms in total. The molecule has 0 aromatic carbocycles. The fourth-order valence-corrected chi connectivity index (χ4v) is 3.29.